The Balaban J connectivity index is 0.00000200. The molecule has 0 spiro atoms. The predicted octanol–water partition coefficient (Wildman–Crippen LogP) is 4.93. The zero-order valence-corrected chi connectivity index (χ0v) is 13.0. The molecule has 20 heavy (non-hydrogen) atoms. The Hall–Kier alpha value is -1.58. The average molecular weight is 308 g/mol. The Bertz CT molecular complexity index is 569. The minimum Gasteiger partial charge on any atom is -0.457 e. The zero-order valence-electron chi connectivity index (χ0n) is 11.3. The van der Waals surface area contributed by atoms with Crippen molar-refractivity contribution in [1.82, 2.24) is 0 Å². The van der Waals surface area contributed by atoms with Crippen molar-refractivity contribution in [3.05, 3.63) is 60.7 Å². The number of benzene rings is 2. The summed E-state index contributed by atoms with van der Waals surface area (Å²) in [5.74, 6) is 1.65. The molecule has 0 aliphatic heterocycles. The Labute approximate surface area is 130 Å². The highest BCUT2D eigenvalue weighted by molar-refractivity contribution is 7.98. The van der Waals surface area contributed by atoms with E-state index in [1.54, 1.807) is 11.8 Å². The molecule has 2 N–H and O–H groups in total. The molecule has 0 saturated carbocycles. The van der Waals surface area contributed by atoms with Crippen molar-refractivity contribution in [3.8, 4) is 11.5 Å². The maximum absolute atomic E-state index is 5.90. The molecule has 0 bridgehead atoms. The van der Waals surface area contributed by atoms with E-state index in [4.69, 9.17) is 10.5 Å². The summed E-state index contributed by atoms with van der Waals surface area (Å²) in [5, 5.41) is 0. The molecular weight excluding hydrogens is 290 g/mol. The van der Waals surface area contributed by atoms with E-state index >= 15 is 0 Å². The van der Waals surface area contributed by atoms with E-state index in [1.165, 1.54) is 4.90 Å². The molecule has 0 aromatic heterocycles. The second-order valence-electron chi connectivity index (χ2n) is 4.14. The van der Waals surface area contributed by atoms with Gasteiger partial charge < -0.3 is 10.5 Å². The van der Waals surface area contributed by atoms with Crippen LogP contribution in [0.2, 0.25) is 0 Å². The standard InChI is InChI=1S/C16H17NOS.ClH/c1-3-4-12-11-15(19-2)9-10-16(12)18-14-7-5-13(17)6-8-14;/h3,5-11H,1,4,17H2,2H3;1H. The van der Waals surface area contributed by atoms with Crippen molar-refractivity contribution < 1.29 is 4.74 Å². The monoisotopic (exact) mass is 307 g/mol. The Morgan fingerprint density at radius 3 is 2.50 bits per heavy atom. The van der Waals surface area contributed by atoms with Crippen LogP contribution in [0, 0.1) is 0 Å². The van der Waals surface area contributed by atoms with Crippen LogP contribution in [0.15, 0.2) is 60.0 Å². The number of nitrogen functional groups attached to an aromatic ring is 1. The van der Waals surface area contributed by atoms with E-state index in [0.29, 0.717) is 0 Å². The fraction of sp³-hybridized carbons (Fsp3) is 0.125. The van der Waals surface area contributed by atoms with Gasteiger partial charge in [-0.25, -0.2) is 0 Å². The quantitative estimate of drug-likeness (QED) is 0.483. The summed E-state index contributed by atoms with van der Waals surface area (Å²) in [5.41, 5.74) is 7.53. The number of hydrogen-bond acceptors (Lipinski definition) is 3. The van der Waals surface area contributed by atoms with E-state index in [9.17, 15) is 0 Å². The SMILES string of the molecule is C=CCc1cc(SC)ccc1Oc1ccc(N)cc1.Cl. The number of halogens is 1. The average Bonchev–Trinajstić information content (AvgIpc) is 2.43. The predicted molar refractivity (Wildman–Crippen MR) is 90.3 cm³/mol. The van der Waals surface area contributed by atoms with Crippen LogP contribution in [0.4, 0.5) is 5.69 Å². The molecule has 2 rings (SSSR count). The van der Waals surface area contributed by atoms with E-state index in [2.05, 4.69) is 25.0 Å². The number of nitrogens with two attached hydrogens (primary N) is 1. The molecule has 0 fully saturated rings. The molecule has 0 heterocycles. The molecule has 0 amide bonds. The van der Waals surface area contributed by atoms with Gasteiger partial charge in [0.2, 0.25) is 0 Å². The normalized spacial score (nSPS) is 9.65. The van der Waals surface area contributed by atoms with E-state index in [-0.39, 0.29) is 12.4 Å². The van der Waals surface area contributed by atoms with Gasteiger partial charge in [-0.1, -0.05) is 6.08 Å². The van der Waals surface area contributed by atoms with Crippen molar-refractivity contribution in [2.45, 2.75) is 11.3 Å². The summed E-state index contributed by atoms with van der Waals surface area (Å²) >= 11 is 1.72. The number of anilines is 1. The van der Waals surface area contributed by atoms with Crippen molar-refractivity contribution >= 4 is 29.9 Å². The maximum Gasteiger partial charge on any atom is 0.131 e. The summed E-state index contributed by atoms with van der Waals surface area (Å²) in [4.78, 5) is 1.22. The first-order valence-electron chi connectivity index (χ1n) is 6.04. The van der Waals surface area contributed by atoms with Crippen molar-refractivity contribution in [2.75, 3.05) is 12.0 Å². The number of hydrogen-bond donors (Lipinski definition) is 1. The fourth-order valence-corrected chi connectivity index (χ4v) is 2.22. The van der Waals surface area contributed by atoms with Gasteiger partial charge in [-0.15, -0.1) is 30.7 Å². The van der Waals surface area contributed by atoms with Crippen molar-refractivity contribution in [3.63, 3.8) is 0 Å². The van der Waals surface area contributed by atoms with Gasteiger partial charge in [0.15, 0.2) is 0 Å². The molecule has 0 radical (unpaired) electrons. The summed E-state index contributed by atoms with van der Waals surface area (Å²) in [7, 11) is 0. The first-order chi connectivity index (χ1) is 9.22. The van der Waals surface area contributed by atoms with Gasteiger partial charge >= 0.3 is 0 Å². The van der Waals surface area contributed by atoms with Gasteiger partial charge in [0.1, 0.15) is 11.5 Å². The molecule has 106 valence electrons. The third kappa shape index (κ3) is 4.22. The number of thioether (sulfide) groups is 1. The first kappa shape index (κ1) is 16.5. The molecule has 0 saturated heterocycles. The van der Waals surface area contributed by atoms with Crippen LogP contribution in [0.1, 0.15) is 5.56 Å². The van der Waals surface area contributed by atoms with Gasteiger partial charge in [0.05, 0.1) is 0 Å². The van der Waals surface area contributed by atoms with Crippen molar-refractivity contribution in [1.29, 1.82) is 0 Å². The smallest absolute Gasteiger partial charge is 0.131 e. The van der Waals surface area contributed by atoms with Crippen molar-refractivity contribution in [2.24, 2.45) is 0 Å². The second kappa shape index (κ2) is 7.88. The lowest BCUT2D eigenvalue weighted by Crippen LogP contribution is -1.92. The third-order valence-electron chi connectivity index (χ3n) is 2.74. The van der Waals surface area contributed by atoms with Gasteiger partial charge in [-0.3, -0.25) is 0 Å². The van der Waals surface area contributed by atoms with E-state index < -0.39 is 0 Å². The minimum absolute atomic E-state index is 0. The van der Waals surface area contributed by atoms with Gasteiger partial charge in [0.25, 0.3) is 0 Å². The van der Waals surface area contributed by atoms with E-state index in [1.807, 2.05) is 36.4 Å². The van der Waals surface area contributed by atoms with Crippen LogP contribution < -0.4 is 10.5 Å². The highest BCUT2D eigenvalue weighted by Crippen LogP contribution is 2.29. The highest BCUT2D eigenvalue weighted by atomic mass is 35.5. The van der Waals surface area contributed by atoms with Gasteiger partial charge in [-0.05, 0) is 60.7 Å². The van der Waals surface area contributed by atoms with Crippen LogP contribution in [-0.4, -0.2) is 6.26 Å². The highest BCUT2D eigenvalue weighted by Gasteiger charge is 2.05. The minimum atomic E-state index is 0. The molecule has 2 aromatic rings. The van der Waals surface area contributed by atoms with Crippen LogP contribution in [-0.2, 0) is 6.42 Å². The molecule has 0 atom stereocenters. The number of ether oxygens (including phenoxy) is 1. The number of rotatable bonds is 5. The Morgan fingerprint density at radius 2 is 1.90 bits per heavy atom. The zero-order chi connectivity index (χ0) is 13.7. The summed E-state index contributed by atoms with van der Waals surface area (Å²) in [6, 6.07) is 13.6. The lowest BCUT2D eigenvalue weighted by molar-refractivity contribution is 0.477. The van der Waals surface area contributed by atoms with Gasteiger partial charge in [0, 0.05) is 10.6 Å². The van der Waals surface area contributed by atoms with E-state index in [0.717, 1.165) is 29.2 Å². The van der Waals surface area contributed by atoms with Crippen LogP contribution in [0.25, 0.3) is 0 Å². The topological polar surface area (TPSA) is 35.2 Å². The van der Waals surface area contributed by atoms with Crippen LogP contribution in [0.5, 0.6) is 11.5 Å². The molecule has 0 aliphatic rings. The Kier molecular flexibility index (Phi) is 6.49. The number of allylic oxidation sites excluding steroid dienone is 1. The largest absolute Gasteiger partial charge is 0.457 e. The molecule has 4 heteroatoms. The molecule has 0 aliphatic carbocycles. The second-order valence-corrected chi connectivity index (χ2v) is 5.02. The summed E-state index contributed by atoms with van der Waals surface area (Å²) in [6.07, 6.45) is 4.74. The maximum atomic E-state index is 5.90. The third-order valence-corrected chi connectivity index (χ3v) is 3.47. The first-order valence-corrected chi connectivity index (χ1v) is 7.26. The molecule has 2 aromatic carbocycles. The Morgan fingerprint density at radius 1 is 1.20 bits per heavy atom. The lowest BCUT2D eigenvalue weighted by atomic mass is 10.1. The lowest BCUT2D eigenvalue weighted by Gasteiger charge is -2.11. The van der Waals surface area contributed by atoms with Crippen LogP contribution in [0.3, 0.4) is 0 Å². The fourth-order valence-electron chi connectivity index (χ4n) is 1.76. The molecular formula is C16H18ClNOS. The van der Waals surface area contributed by atoms with Gasteiger partial charge in [-0.2, -0.15) is 0 Å². The summed E-state index contributed by atoms with van der Waals surface area (Å²) < 4.78 is 5.90. The van der Waals surface area contributed by atoms with Crippen LogP contribution >= 0.6 is 24.2 Å². The summed E-state index contributed by atoms with van der Waals surface area (Å²) in [6.45, 7) is 3.79. The molecule has 0 unspecified atom stereocenters. The molecule has 2 nitrogen and oxygen atoms in total.